The molecule has 0 aliphatic heterocycles. The van der Waals surface area contributed by atoms with E-state index < -0.39 is 0 Å². The largest absolute Gasteiger partial charge is 0.347 e. The molecule has 0 unspecified atom stereocenters. The molecule has 0 saturated heterocycles. The maximum Gasteiger partial charge on any atom is 0.242 e. The second-order valence-corrected chi connectivity index (χ2v) is 6.04. The minimum Gasteiger partial charge on any atom is -0.347 e. The molecule has 0 aliphatic carbocycles. The summed E-state index contributed by atoms with van der Waals surface area (Å²) < 4.78 is 0. The van der Waals surface area contributed by atoms with Crippen molar-refractivity contribution in [3.05, 3.63) is 71.8 Å². The van der Waals surface area contributed by atoms with Crippen molar-refractivity contribution in [3.63, 3.8) is 0 Å². The molecule has 24 heavy (non-hydrogen) atoms. The molecule has 2 rings (SSSR count). The fraction of sp³-hybridized carbons (Fsp3) is 0.300. The Morgan fingerprint density at radius 1 is 0.917 bits per heavy atom. The molecule has 0 bridgehead atoms. The summed E-state index contributed by atoms with van der Waals surface area (Å²) in [5.74, 6) is -0.215. The van der Waals surface area contributed by atoms with Crippen LogP contribution < -0.4 is 5.32 Å². The Morgan fingerprint density at radius 3 is 2.00 bits per heavy atom. The fourth-order valence-corrected chi connectivity index (χ4v) is 2.46. The molecule has 4 heteroatoms. The van der Waals surface area contributed by atoms with Gasteiger partial charge in [0.1, 0.15) is 0 Å². The number of benzene rings is 2. The first-order valence-corrected chi connectivity index (χ1v) is 8.20. The standard InChI is InChI=1S/C20H24N2O2/c1-16(2)22(15-18-11-7-4-8-12-18)20(24)14-21-19(23)13-17-9-5-3-6-10-17/h3-12,16H,13-15H2,1-2H3,(H,21,23). The van der Waals surface area contributed by atoms with Crippen LogP contribution in [-0.4, -0.2) is 29.3 Å². The molecule has 126 valence electrons. The Kier molecular flexibility index (Phi) is 6.55. The van der Waals surface area contributed by atoms with Crippen LogP contribution in [0.15, 0.2) is 60.7 Å². The Hall–Kier alpha value is -2.62. The third kappa shape index (κ3) is 5.54. The normalized spacial score (nSPS) is 10.5. The lowest BCUT2D eigenvalue weighted by molar-refractivity contribution is -0.134. The van der Waals surface area contributed by atoms with Crippen molar-refractivity contribution in [2.75, 3.05) is 6.54 Å². The van der Waals surface area contributed by atoms with Crippen LogP contribution in [-0.2, 0) is 22.6 Å². The number of nitrogens with one attached hydrogen (secondary N) is 1. The Morgan fingerprint density at radius 2 is 1.46 bits per heavy atom. The highest BCUT2D eigenvalue weighted by atomic mass is 16.2. The first-order chi connectivity index (χ1) is 11.6. The molecular weight excluding hydrogens is 300 g/mol. The van der Waals surface area contributed by atoms with Gasteiger partial charge >= 0.3 is 0 Å². The summed E-state index contributed by atoms with van der Waals surface area (Å²) in [5.41, 5.74) is 2.02. The summed E-state index contributed by atoms with van der Waals surface area (Å²) in [7, 11) is 0. The second kappa shape index (κ2) is 8.87. The fourth-order valence-electron chi connectivity index (χ4n) is 2.46. The van der Waals surface area contributed by atoms with Crippen molar-refractivity contribution >= 4 is 11.8 Å². The number of carbonyl (C=O) groups excluding carboxylic acids is 2. The van der Waals surface area contributed by atoms with Crippen molar-refractivity contribution in [2.24, 2.45) is 0 Å². The minimum absolute atomic E-state index is 0.0245. The van der Waals surface area contributed by atoms with Crippen LogP contribution in [0.5, 0.6) is 0 Å². The van der Waals surface area contributed by atoms with Gasteiger partial charge in [-0.25, -0.2) is 0 Å². The molecule has 0 aliphatic rings. The Balaban J connectivity index is 1.87. The zero-order chi connectivity index (χ0) is 17.4. The van der Waals surface area contributed by atoms with Crippen LogP contribution in [0.4, 0.5) is 0 Å². The number of hydrogen-bond donors (Lipinski definition) is 1. The minimum atomic E-state index is -0.141. The highest BCUT2D eigenvalue weighted by Crippen LogP contribution is 2.08. The SMILES string of the molecule is CC(C)N(Cc1ccccc1)C(=O)CNC(=O)Cc1ccccc1. The van der Waals surface area contributed by atoms with Gasteiger partial charge in [0.25, 0.3) is 0 Å². The van der Waals surface area contributed by atoms with Gasteiger partial charge in [-0.1, -0.05) is 60.7 Å². The van der Waals surface area contributed by atoms with Gasteiger partial charge in [0, 0.05) is 12.6 Å². The zero-order valence-corrected chi connectivity index (χ0v) is 14.2. The molecule has 4 nitrogen and oxygen atoms in total. The van der Waals surface area contributed by atoms with Crippen LogP contribution in [0, 0.1) is 0 Å². The van der Waals surface area contributed by atoms with Crippen LogP contribution >= 0.6 is 0 Å². The van der Waals surface area contributed by atoms with Crippen molar-refractivity contribution < 1.29 is 9.59 Å². The van der Waals surface area contributed by atoms with E-state index in [0.717, 1.165) is 11.1 Å². The van der Waals surface area contributed by atoms with Crippen LogP contribution in [0.1, 0.15) is 25.0 Å². The number of rotatable bonds is 7. The van der Waals surface area contributed by atoms with E-state index in [-0.39, 0.29) is 30.8 Å². The average molecular weight is 324 g/mol. The molecule has 0 radical (unpaired) electrons. The van der Waals surface area contributed by atoms with Gasteiger partial charge in [0.15, 0.2) is 0 Å². The molecule has 0 spiro atoms. The van der Waals surface area contributed by atoms with E-state index in [2.05, 4.69) is 5.32 Å². The summed E-state index contributed by atoms with van der Waals surface area (Å²) in [5, 5.41) is 2.72. The summed E-state index contributed by atoms with van der Waals surface area (Å²) in [6.45, 7) is 4.53. The van der Waals surface area contributed by atoms with Crippen LogP contribution in [0.25, 0.3) is 0 Å². The number of carbonyl (C=O) groups is 2. The average Bonchev–Trinajstić information content (AvgIpc) is 2.59. The Bertz CT molecular complexity index is 654. The molecule has 1 N–H and O–H groups in total. The predicted molar refractivity (Wildman–Crippen MR) is 95.3 cm³/mol. The topological polar surface area (TPSA) is 49.4 Å². The van der Waals surface area contributed by atoms with E-state index in [9.17, 15) is 9.59 Å². The Labute approximate surface area is 143 Å². The molecule has 2 aromatic rings. The highest BCUT2D eigenvalue weighted by Gasteiger charge is 2.17. The lowest BCUT2D eigenvalue weighted by Crippen LogP contribution is -2.43. The number of amides is 2. The molecule has 0 fully saturated rings. The van der Waals surface area contributed by atoms with E-state index in [1.54, 1.807) is 4.90 Å². The van der Waals surface area contributed by atoms with Crippen molar-refractivity contribution in [2.45, 2.75) is 32.9 Å². The smallest absolute Gasteiger partial charge is 0.242 e. The maximum atomic E-state index is 12.5. The van der Waals surface area contributed by atoms with E-state index in [4.69, 9.17) is 0 Å². The molecule has 0 saturated carbocycles. The second-order valence-electron chi connectivity index (χ2n) is 6.04. The zero-order valence-electron chi connectivity index (χ0n) is 14.2. The van der Waals surface area contributed by atoms with E-state index >= 15 is 0 Å². The molecule has 0 aromatic heterocycles. The quantitative estimate of drug-likeness (QED) is 0.851. The maximum absolute atomic E-state index is 12.5. The highest BCUT2D eigenvalue weighted by molar-refractivity contribution is 5.85. The monoisotopic (exact) mass is 324 g/mol. The van der Waals surface area contributed by atoms with E-state index in [1.807, 2.05) is 74.5 Å². The van der Waals surface area contributed by atoms with E-state index in [1.165, 1.54) is 0 Å². The van der Waals surface area contributed by atoms with Crippen molar-refractivity contribution in [1.29, 1.82) is 0 Å². The summed E-state index contributed by atoms with van der Waals surface area (Å²) >= 11 is 0. The van der Waals surface area contributed by atoms with Crippen LogP contribution in [0.2, 0.25) is 0 Å². The van der Waals surface area contributed by atoms with Gasteiger partial charge < -0.3 is 10.2 Å². The van der Waals surface area contributed by atoms with Gasteiger partial charge in [-0.15, -0.1) is 0 Å². The van der Waals surface area contributed by atoms with Gasteiger partial charge in [0.2, 0.25) is 11.8 Å². The van der Waals surface area contributed by atoms with Gasteiger partial charge in [-0.2, -0.15) is 0 Å². The van der Waals surface area contributed by atoms with Gasteiger partial charge in [-0.3, -0.25) is 9.59 Å². The van der Waals surface area contributed by atoms with Gasteiger partial charge in [0.05, 0.1) is 13.0 Å². The molecule has 0 atom stereocenters. The van der Waals surface area contributed by atoms with Crippen molar-refractivity contribution in [3.8, 4) is 0 Å². The van der Waals surface area contributed by atoms with Gasteiger partial charge in [-0.05, 0) is 25.0 Å². The summed E-state index contributed by atoms with van der Waals surface area (Å²) in [6, 6.07) is 19.4. The lowest BCUT2D eigenvalue weighted by atomic mass is 10.1. The molecular formula is C20H24N2O2. The predicted octanol–water partition coefficient (Wildman–Crippen LogP) is 2.78. The molecule has 2 amide bonds. The van der Waals surface area contributed by atoms with Crippen molar-refractivity contribution in [1.82, 2.24) is 10.2 Å². The first kappa shape index (κ1) is 17.7. The lowest BCUT2D eigenvalue weighted by Gasteiger charge is -2.27. The summed E-state index contributed by atoms with van der Waals surface area (Å²) in [4.78, 5) is 26.2. The van der Waals surface area contributed by atoms with Crippen LogP contribution in [0.3, 0.4) is 0 Å². The third-order valence-electron chi connectivity index (χ3n) is 3.78. The first-order valence-electron chi connectivity index (χ1n) is 8.20. The third-order valence-corrected chi connectivity index (χ3v) is 3.78. The number of hydrogen-bond acceptors (Lipinski definition) is 2. The molecule has 0 heterocycles. The number of nitrogens with zero attached hydrogens (tertiary/aromatic N) is 1. The summed E-state index contributed by atoms with van der Waals surface area (Å²) in [6.07, 6.45) is 0.286. The molecule has 2 aromatic carbocycles. The van der Waals surface area contributed by atoms with E-state index in [0.29, 0.717) is 6.54 Å².